The molecule has 0 aliphatic heterocycles. The van der Waals surface area contributed by atoms with Crippen LogP contribution >= 0.6 is 0 Å². The van der Waals surface area contributed by atoms with Gasteiger partial charge >= 0.3 is 5.97 Å². The Kier molecular flexibility index (Phi) is 13.6. The van der Waals surface area contributed by atoms with Gasteiger partial charge in [0, 0.05) is 26.0 Å². The number of carbonyl (C=O) groups excluding carboxylic acids is 2. The van der Waals surface area contributed by atoms with Crippen molar-refractivity contribution in [2.45, 2.75) is 190 Å². The predicted molar refractivity (Wildman–Crippen MR) is 199 cm³/mol. The van der Waals surface area contributed by atoms with E-state index in [9.17, 15) is 9.59 Å². The first-order valence-corrected chi connectivity index (χ1v) is 20.6. The normalized spacial score (nSPS) is 34.2. The lowest BCUT2D eigenvalue weighted by Gasteiger charge is -2.61. The predicted octanol–water partition coefficient (Wildman–Crippen LogP) is 10.9. The summed E-state index contributed by atoms with van der Waals surface area (Å²) in [4.78, 5) is 24.7. The van der Waals surface area contributed by atoms with Gasteiger partial charge in [0.15, 0.2) is 0 Å². The standard InChI is InChI=1S/C43H77NO4/c1-11-38(45)44-29-40(5,6)26-27-47-41(7,8)23-22-39(46)48-33-20-24-42(9)32(28-33)16-17-34-36-19-18-35(43(36,10)25-21-37(34)42)31(4)15-13-12-14-30(2)3/h30-37H,11-29H2,1-10H3,(H,44,45)/t31-,32?,33+,34+,35-,36+,37+,42+,43-/m0/s1. The summed E-state index contributed by atoms with van der Waals surface area (Å²) in [6.45, 7) is 24.3. The number of rotatable bonds is 17. The summed E-state index contributed by atoms with van der Waals surface area (Å²) in [6, 6.07) is 0. The molecule has 0 aromatic heterocycles. The highest BCUT2D eigenvalue weighted by molar-refractivity contribution is 5.75. The van der Waals surface area contributed by atoms with E-state index in [0.29, 0.717) is 49.2 Å². The van der Waals surface area contributed by atoms with Crippen LogP contribution in [0, 0.1) is 57.7 Å². The maximum absolute atomic E-state index is 13.1. The van der Waals surface area contributed by atoms with E-state index in [0.717, 1.165) is 54.8 Å². The number of hydrogen-bond acceptors (Lipinski definition) is 4. The third-order valence-electron chi connectivity index (χ3n) is 14.7. The van der Waals surface area contributed by atoms with Crippen molar-refractivity contribution in [2.24, 2.45) is 57.7 Å². The number of esters is 1. The lowest BCUT2D eigenvalue weighted by molar-refractivity contribution is -0.164. The van der Waals surface area contributed by atoms with Crippen LogP contribution in [0.25, 0.3) is 0 Å². The molecule has 0 spiro atoms. The van der Waals surface area contributed by atoms with Crippen LogP contribution in [-0.2, 0) is 19.1 Å². The van der Waals surface area contributed by atoms with Gasteiger partial charge in [-0.3, -0.25) is 9.59 Å². The molecule has 0 saturated heterocycles. The fourth-order valence-corrected chi connectivity index (χ4v) is 11.4. The minimum absolute atomic E-state index is 0.0313. The molecule has 5 heteroatoms. The fraction of sp³-hybridized carbons (Fsp3) is 0.953. The monoisotopic (exact) mass is 672 g/mol. The Morgan fingerprint density at radius 3 is 2.25 bits per heavy atom. The molecule has 1 amide bonds. The summed E-state index contributed by atoms with van der Waals surface area (Å²) >= 11 is 0. The van der Waals surface area contributed by atoms with Gasteiger partial charge in [-0.25, -0.2) is 0 Å². The van der Waals surface area contributed by atoms with Crippen LogP contribution in [0.2, 0.25) is 0 Å². The fourth-order valence-electron chi connectivity index (χ4n) is 11.4. The Morgan fingerprint density at radius 2 is 1.54 bits per heavy atom. The molecule has 0 aromatic rings. The van der Waals surface area contributed by atoms with Gasteiger partial charge < -0.3 is 14.8 Å². The molecule has 48 heavy (non-hydrogen) atoms. The van der Waals surface area contributed by atoms with Crippen molar-refractivity contribution in [3.8, 4) is 0 Å². The molecule has 278 valence electrons. The van der Waals surface area contributed by atoms with Crippen LogP contribution in [0.1, 0.15) is 178 Å². The van der Waals surface area contributed by atoms with Crippen molar-refractivity contribution in [2.75, 3.05) is 13.2 Å². The summed E-state index contributed by atoms with van der Waals surface area (Å²) in [5.74, 6) is 6.04. The molecule has 4 aliphatic rings. The first-order valence-electron chi connectivity index (χ1n) is 20.6. The van der Waals surface area contributed by atoms with Crippen LogP contribution in [0.5, 0.6) is 0 Å². The summed E-state index contributed by atoms with van der Waals surface area (Å²) in [6.07, 6.45) is 20.0. The van der Waals surface area contributed by atoms with Crippen LogP contribution in [0.4, 0.5) is 0 Å². The van der Waals surface area contributed by atoms with Crippen LogP contribution in [0.3, 0.4) is 0 Å². The van der Waals surface area contributed by atoms with E-state index in [1.807, 2.05) is 6.92 Å². The Labute approximate surface area is 296 Å². The second-order valence-electron chi connectivity index (χ2n) is 19.6. The minimum atomic E-state index is -0.383. The molecule has 5 nitrogen and oxygen atoms in total. The maximum Gasteiger partial charge on any atom is 0.306 e. The Balaban J connectivity index is 1.22. The summed E-state index contributed by atoms with van der Waals surface area (Å²) < 4.78 is 12.4. The van der Waals surface area contributed by atoms with Crippen molar-refractivity contribution >= 4 is 11.9 Å². The largest absolute Gasteiger partial charge is 0.462 e. The first-order chi connectivity index (χ1) is 22.5. The maximum atomic E-state index is 13.1. The third kappa shape index (κ3) is 9.81. The highest BCUT2D eigenvalue weighted by atomic mass is 16.5. The third-order valence-corrected chi connectivity index (χ3v) is 14.7. The van der Waals surface area contributed by atoms with Gasteiger partial charge in [-0.15, -0.1) is 0 Å². The molecule has 0 radical (unpaired) electrons. The van der Waals surface area contributed by atoms with E-state index < -0.39 is 0 Å². The molecule has 1 unspecified atom stereocenters. The zero-order valence-electron chi connectivity index (χ0n) is 33.2. The van der Waals surface area contributed by atoms with Gasteiger partial charge in [-0.2, -0.15) is 0 Å². The summed E-state index contributed by atoms with van der Waals surface area (Å²) in [7, 11) is 0. The molecule has 4 fully saturated rings. The smallest absolute Gasteiger partial charge is 0.306 e. The van der Waals surface area contributed by atoms with E-state index in [4.69, 9.17) is 9.47 Å². The van der Waals surface area contributed by atoms with Gasteiger partial charge in [-0.1, -0.05) is 81.1 Å². The van der Waals surface area contributed by atoms with Crippen molar-refractivity contribution in [3.63, 3.8) is 0 Å². The number of fused-ring (bicyclic) bond motifs is 5. The SMILES string of the molecule is CCC(=O)NCC(C)(C)CCOC(C)(C)CCC(=O)O[C@@H]1CC[C@]2(C)C(CC[C@@H]3[C@H]4CC[C@@H]([C@@H](C)CCCCC(C)C)[C@]4(C)CC[C@H]32)C1. The van der Waals surface area contributed by atoms with Crippen LogP contribution in [0.15, 0.2) is 0 Å². The molecule has 0 aromatic carbocycles. The van der Waals surface area contributed by atoms with E-state index in [1.165, 1.54) is 70.6 Å². The van der Waals surface area contributed by atoms with Crippen molar-refractivity contribution in [1.29, 1.82) is 0 Å². The number of nitrogens with one attached hydrogen (secondary N) is 1. The molecule has 0 heterocycles. The highest BCUT2D eigenvalue weighted by Gasteiger charge is 2.60. The number of amides is 1. The first kappa shape index (κ1) is 39.7. The molecule has 1 N–H and O–H groups in total. The van der Waals surface area contributed by atoms with E-state index in [-0.39, 0.29) is 29.0 Å². The number of ether oxygens (including phenoxy) is 2. The number of carbonyl (C=O) groups is 2. The van der Waals surface area contributed by atoms with Crippen molar-refractivity contribution in [3.05, 3.63) is 0 Å². The van der Waals surface area contributed by atoms with Gasteiger partial charge in [0.25, 0.3) is 0 Å². The van der Waals surface area contributed by atoms with Gasteiger partial charge in [0.2, 0.25) is 5.91 Å². The Hall–Kier alpha value is -1.10. The van der Waals surface area contributed by atoms with Gasteiger partial charge in [-0.05, 0) is 142 Å². The van der Waals surface area contributed by atoms with Crippen LogP contribution in [-0.4, -0.2) is 36.7 Å². The molecule has 4 rings (SSSR count). The van der Waals surface area contributed by atoms with Gasteiger partial charge in [0.1, 0.15) is 6.10 Å². The van der Waals surface area contributed by atoms with E-state index >= 15 is 0 Å². The lowest BCUT2D eigenvalue weighted by atomic mass is 9.44. The van der Waals surface area contributed by atoms with Crippen molar-refractivity contribution < 1.29 is 19.1 Å². The molecule has 9 atom stereocenters. The molecule has 4 aliphatic carbocycles. The van der Waals surface area contributed by atoms with E-state index in [1.54, 1.807) is 0 Å². The molecular weight excluding hydrogens is 594 g/mol. The molecular formula is C43H77NO4. The zero-order chi connectivity index (χ0) is 35.3. The Morgan fingerprint density at radius 1 is 0.854 bits per heavy atom. The average molecular weight is 672 g/mol. The van der Waals surface area contributed by atoms with E-state index in [2.05, 4.69) is 67.6 Å². The molecule has 0 bridgehead atoms. The topological polar surface area (TPSA) is 64.6 Å². The summed E-state index contributed by atoms with van der Waals surface area (Å²) in [5.41, 5.74) is 0.549. The Bertz CT molecular complexity index is 1050. The highest BCUT2D eigenvalue weighted by Crippen LogP contribution is 2.68. The van der Waals surface area contributed by atoms with Gasteiger partial charge in [0.05, 0.1) is 5.60 Å². The second-order valence-corrected chi connectivity index (χ2v) is 19.6. The minimum Gasteiger partial charge on any atom is -0.462 e. The number of unbranched alkanes of at least 4 members (excludes halogenated alkanes) is 1. The zero-order valence-corrected chi connectivity index (χ0v) is 33.2. The summed E-state index contributed by atoms with van der Waals surface area (Å²) in [5, 5.41) is 3.00. The second kappa shape index (κ2) is 16.5. The quantitative estimate of drug-likeness (QED) is 0.123. The lowest BCUT2D eigenvalue weighted by Crippen LogP contribution is -2.54. The van der Waals surface area contributed by atoms with Crippen molar-refractivity contribution in [1.82, 2.24) is 5.32 Å². The average Bonchev–Trinajstić information content (AvgIpc) is 3.38. The van der Waals surface area contributed by atoms with Crippen LogP contribution < -0.4 is 5.32 Å². The molecule has 4 saturated carbocycles. The number of hydrogen-bond donors (Lipinski definition) is 1.